The van der Waals surface area contributed by atoms with Crippen molar-refractivity contribution in [2.24, 2.45) is 0 Å². The predicted molar refractivity (Wildman–Crippen MR) is 83.0 cm³/mol. The van der Waals surface area contributed by atoms with E-state index in [9.17, 15) is 9.18 Å². The fourth-order valence-electron chi connectivity index (χ4n) is 1.77. The molecule has 0 spiro atoms. The fraction of sp³-hybridized carbons (Fsp3) is 0.312. The lowest BCUT2D eigenvalue weighted by molar-refractivity contribution is 0.0914. The van der Waals surface area contributed by atoms with Crippen molar-refractivity contribution in [3.05, 3.63) is 53.7 Å². The summed E-state index contributed by atoms with van der Waals surface area (Å²) in [5, 5.41) is 5.78. The van der Waals surface area contributed by atoms with Crippen molar-refractivity contribution in [1.82, 2.24) is 15.3 Å². The summed E-state index contributed by atoms with van der Waals surface area (Å²) < 4.78 is 13.5. The van der Waals surface area contributed by atoms with E-state index >= 15 is 0 Å². The Morgan fingerprint density at radius 3 is 2.50 bits per heavy atom. The van der Waals surface area contributed by atoms with Crippen molar-refractivity contribution in [3.63, 3.8) is 0 Å². The maximum Gasteiger partial charge on any atom is 0.271 e. The second-order valence-electron chi connectivity index (χ2n) is 5.94. The first-order valence-electron chi connectivity index (χ1n) is 6.97. The fourth-order valence-corrected chi connectivity index (χ4v) is 1.77. The number of nitrogens with zero attached hydrogens (tertiary/aromatic N) is 2. The van der Waals surface area contributed by atoms with E-state index in [1.54, 1.807) is 18.2 Å². The molecule has 116 valence electrons. The molecule has 1 aromatic carbocycles. The highest BCUT2D eigenvalue weighted by Gasteiger charge is 2.16. The maximum absolute atomic E-state index is 13.5. The standard InChI is InChI=1S/C16H19FN4O/c1-16(2,3)21-15(22)13-9-20-14(10-18-13)19-8-11-6-4-5-7-12(11)17/h4-7,9-10H,8H2,1-3H3,(H,19,20)(H,21,22). The van der Waals surface area contributed by atoms with Crippen LogP contribution in [0, 0.1) is 5.82 Å². The second kappa shape index (κ2) is 6.51. The van der Waals surface area contributed by atoms with Crippen LogP contribution in [0.2, 0.25) is 0 Å². The van der Waals surface area contributed by atoms with Crippen LogP contribution in [-0.2, 0) is 6.54 Å². The average molecular weight is 302 g/mol. The Morgan fingerprint density at radius 1 is 1.18 bits per heavy atom. The van der Waals surface area contributed by atoms with Crippen LogP contribution in [-0.4, -0.2) is 21.4 Å². The molecule has 0 atom stereocenters. The molecular formula is C16H19FN4O. The van der Waals surface area contributed by atoms with Gasteiger partial charge in [-0.2, -0.15) is 0 Å². The van der Waals surface area contributed by atoms with Gasteiger partial charge in [0.15, 0.2) is 0 Å². The van der Waals surface area contributed by atoms with Gasteiger partial charge in [-0.1, -0.05) is 18.2 Å². The summed E-state index contributed by atoms with van der Waals surface area (Å²) in [6.07, 6.45) is 2.85. The molecule has 0 aliphatic heterocycles. The average Bonchev–Trinajstić information content (AvgIpc) is 2.45. The molecule has 0 aliphatic rings. The molecule has 1 heterocycles. The molecule has 0 unspecified atom stereocenters. The van der Waals surface area contributed by atoms with Gasteiger partial charge in [-0.25, -0.2) is 14.4 Å². The molecule has 2 aromatic rings. The lowest BCUT2D eigenvalue weighted by Crippen LogP contribution is -2.40. The van der Waals surface area contributed by atoms with Crippen molar-refractivity contribution in [1.29, 1.82) is 0 Å². The predicted octanol–water partition coefficient (Wildman–Crippen LogP) is 2.76. The Morgan fingerprint density at radius 2 is 1.91 bits per heavy atom. The van der Waals surface area contributed by atoms with Crippen LogP contribution >= 0.6 is 0 Å². The number of carbonyl (C=O) groups excluding carboxylic acids is 1. The normalized spacial score (nSPS) is 11.1. The molecule has 22 heavy (non-hydrogen) atoms. The number of amides is 1. The van der Waals surface area contributed by atoms with E-state index in [0.717, 1.165) is 0 Å². The third-order valence-electron chi connectivity index (χ3n) is 2.79. The van der Waals surface area contributed by atoms with Crippen LogP contribution in [0.4, 0.5) is 10.2 Å². The number of nitrogens with one attached hydrogen (secondary N) is 2. The zero-order valence-electron chi connectivity index (χ0n) is 12.9. The molecule has 0 fully saturated rings. The van der Waals surface area contributed by atoms with Crippen molar-refractivity contribution in [2.75, 3.05) is 5.32 Å². The van der Waals surface area contributed by atoms with Crippen LogP contribution in [0.15, 0.2) is 36.7 Å². The molecule has 1 amide bonds. The van der Waals surface area contributed by atoms with E-state index in [2.05, 4.69) is 20.6 Å². The van der Waals surface area contributed by atoms with Gasteiger partial charge in [-0.15, -0.1) is 0 Å². The van der Waals surface area contributed by atoms with E-state index in [1.165, 1.54) is 18.5 Å². The molecule has 2 N–H and O–H groups in total. The third-order valence-corrected chi connectivity index (χ3v) is 2.79. The number of rotatable bonds is 4. The summed E-state index contributed by atoms with van der Waals surface area (Å²) in [6.45, 7) is 5.98. The van der Waals surface area contributed by atoms with Crippen LogP contribution < -0.4 is 10.6 Å². The number of benzene rings is 1. The number of carbonyl (C=O) groups is 1. The molecule has 2 rings (SSSR count). The van der Waals surface area contributed by atoms with E-state index in [-0.39, 0.29) is 23.0 Å². The zero-order valence-corrected chi connectivity index (χ0v) is 12.9. The number of hydrogen-bond donors (Lipinski definition) is 2. The summed E-state index contributed by atoms with van der Waals surface area (Å²) >= 11 is 0. The first kappa shape index (κ1) is 15.9. The Hall–Kier alpha value is -2.50. The first-order valence-corrected chi connectivity index (χ1v) is 6.97. The Balaban J connectivity index is 1.98. The molecule has 1 aromatic heterocycles. The Bertz CT molecular complexity index is 650. The van der Waals surface area contributed by atoms with Crippen LogP contribution in [0.25, 0.3) is 0 Å². The summed E-state index contributed by atoms with van der Waals surface area (Å²) in [5.41, 5.74) is 0.450. The van der Waals surface area contributed by atoms with E-state index < -0.39 is 0 Å². The van der Waals surface area contributed by atoms with Crippen molar-refractivity contribution < 1.29 is 9.18 Å². The third kappa shape index (κ3) is 4.51. The number of halogens is 1. The minimum absolute atomic E-state index is 0.242. The minimum Gasteiger partial charge on any atom is -0.365 e. The Kier molecular flexibility index (Phi) is 4.70. The van der Waals surface area contributed by atoms with Gasteiger partial charge in [0, 0.05) is 17.6 Å². The van der Waals surface area contributed by atoms with E-state index in [4.69, 9.17) is 0 Å². The molecule has 5 nitrogen and oxygen atoms in total. The summed E-state index contributed by atoms with van der Waals surface area (Å²) in [7, 11) is 0. The van der Waals surface area contributed by atoms with Crippen molar-refractivity contribution in [3.8, 4) is 0 Å². The monoisotopic (exact) mass is 302 g/mol. The lowest BCUT2D eigenvalue weighted by Gasteiger charge is -2.19. The first-order chi connectivity index (χ1) is 10.3. The molecule has 0 saturated carbocycles. The highest BCUT2D eigenvalue weighted by atomic mass is 19.1. The Labute approximate surface area is 129 Å². The van der Waals surface area contributed by atoms with Gasteiger partial charge < -0.3 is 10.6 Å². The highest BCUT2D eigenvalue weighted by Crippen LogP contribution is 2.09. The largest absolute Gasteiger partial charge is 0.365 e. The minimum atomic E-state index is -0.333. The lowest BCUT2D eigenvalue weighted by atomic mass is 10.1. The van der Waals surface area contributed by atoms with Crippen LogP contribution in [0.3, 0.4) is 0 Å². The molecule has 0 bridgehead atoms. The van der Waals surface area contributed by atoms with Gasteiger partial charge in [0.1, 0.15) is 17.3 Å². The van der Waals surface area contributed by atoms with Crippen LogP contribution in [0.5, 0.6) is 0 Å². The number of hydrogen-bond acceptors (Lipinski definition) is 4. The smallest absolute Gasteiger partial charge is 0.271 e. The summed E-state index contributed by atoms with van der Waals surface area (Å²) in [4.78, 5) is 20.1. The SMILES string of the molecule is CC(C)(C)NC(=O)c1cnc(NCc2ccccc2F)cn1. The van der Waals surface area contributed by atoms with Gasteiger partial charge in [-0.05, 0) is 26.8 Å². The molecule has 0 aliphatic carbocycles. The van der Waals surface area contributed by atoms with Gasteiger partial charge >= 0.3 is 0 Å². The quantitative estimate of drug-likeness (QED) is 0.911. The van der Waals surface area contributed by atoms with Crippen LogP contribution in [0.1, 0.15) is 36.8 Å². The molecule has 6 heteroatoms. The van der Waals surface area contributed by atoms with Gasteiger partial charge in [0.05, 0.1) is 12.4 Å². The van der Waals surface area contributed by atoms with Crippen molar-refractivity contribution in [2.45, 2.75) is 32.9 Å². The summed E-state index contributed by atoms with van der Waals surface area (Å²) in [5.74, 6) is -0.0691. The van der Waals surface area contributed by atoms with Gasteiger partial charge in [0.2, 0.25) is 0 Å². The zero-order chi connectivity index (χ0) is 16.2. The second-order valence-corrected chi connectivity index (χ2v) is 5.94. The van der Waals surface area contributed by atoms with E-state index in [0.29, 0.717) is 17.9 Å². The maximum atomic E-state index is 13.5. The summed E-state index contributed by atoms with van der Waals surface area (Å²) in [6, 6.07) is 6.51. The number of anilines is 1. The topological polar surface area (TPSA) is 66.9 Å². The molecule has 0 radical (unpaired) electrons. The van der Waals surface area contributed by atoms with Gasteiger partial charge in [-0.3, -0.25) is 4.79 Å². The van der Waals surface area contributed by atoms with Crippen molar-refractivity contribution >= 4 is 11.7 Å². The van der Waals surface area contributed by atoms with E-state index in [1.807, 2.05) is 20.8 Å². The van der Waals surface area contributed by atoms with Gasteiger partial charge in [0.25, 0.3) is 5.91 Å². The highest BCUT2D eigenvalue weighted by molar-refractivity contribution is 5.92. The molecule has 0 saturated heterocycles. The molecular weight excluding hydrogens is 283 g/mol. The number of aromatic nitrogens is 2.